The summed E-state index contributed by atoms with van der Waals surface area (Å²) < 4.78 is 2.09. The molecule has 3 heterocycles. The van der Waals surface area contributed by atoms with Crippen molar-refractivity contribution in [2.75, 3.05) is 18.9 Å². The minimum Gasteiger partial charge on any atom is -0.372 e. The van der Waals surface area contributed by atoms with Crippen molar-refractivity contribution < 1.29 is 0 Å². The molecule has 1 N–H and O–H groups in total. The number of likely N-dealkylation sites (tertiary alicyclic amines) is 1. The van der Waals surface area contributed by atoms with E-state index in [9.17, 15) is 0 Å². The van der Waals surface area contributed by atoms with Crippen LogP contribution >= 0.6 is 0 Å². The Labute approximate surface area is 137 Å². The van der Waals surface area contributed by atoms with Crippen LogP contribution in [0.3, 0.4) is 0 Å². The molecule has 6 heteroatoms. The van der Waals surface area contributed by atoms with Gasteiger partial charge in [0.2, 0.25) is 0 Å². The van der Waals surface area contributed by atoms with E-state index in [0.29, 0.717) is 6.04 Å². The van der Waals surface area contributed by atoms with Crippen LogP contribution in [-0.2, 0) is 13.1 Å². The van der Waals surface area contributed by atoms with Crippen LogP contribution in [0.4, 0.5) is 5.82 Å². The van der Waals surface area contributed by atoms with Gasteiger partial charge in [0.1, 0.15) is 5.82 Å². The smallest absolute Gasteiger partial charge is 0.144 e. The molecule has 2 aromatic rings. The van der Waals surface area contributed by atoms with Gasteiger partial charge in [-0.15, -0.1) is 0 Å². The highest BCUT2D eigenvalue weighted by atomic mass is 15.3. The zero-order chi connectivity index (χ0) is 16.4. The molecule has 23 heavy (non-hydrogen) atoms. The molecule has 2 aromatic heterocycles. The summed E-state index contributed by atoms with van der Waals surface area (Å²) >= 11 is 0. The first kappa shape index (κ1) is 15.9. The van der Waals surface area contributed by atoms with Crippen LogP contribution in [0.15, 0.2) is 12.4 Å². The Morgan fingerprint density at radius 3 is 2.83 bits per heavy atom. The molecule has 0 radical (unpaired) electrons. The summed E-state index contributed by atoms with van der Waals surface area (Å²) in [6.45, 7) is 9.39. The lowest BCUT2D eigenvalue weighted by molar-refractivity contribution is 0.243. The van der Waals surface area contributed by atoms with Gasteiger partial charge >= 0.3 is 0 Å². The monoisotopic (exact) mass is 314 g/mol. The predicted molar refractivity (Wildman–Crippen MR) is 91.3 cm³/mol. The van der Waals surface area contributed by atoms with Gasteiger partial charge in [-0.1, -0.05) is 0 Å². The van der Waals surface area contributed by atoms with E-state index in [-0.39, 0.29) is 0 Å². The van der Waals surface area contributed by atoms with Gasteiger partial charge in [-0.05, 0) is 40.2 Å². The number of nitrogens with zero attached hydrogens (tertiary/aromatic N) is 5. The third-order valence-corrected chi connectivity index (χ3v) is 4.81. The Morgan fingerprint density at radius 1 is 1.30 bits per heavy atom. The van der Waals surface area contributed by atoms with Gasteiger partial charge in [0.05, 0.1) is 29.8 Å². The first-order chi connectivity index (χ1) is 11.1. The summed E-state index contributed by atoms with van der Waals surface area (Å²) in [6, 6.07) is 0.347. The van der Waals surface area contributed by atoms with Crippen molar-refractivity contribution in [3.05, 3.63) is 35.0 Å². The van der Waals surface area contributed by atoms with E-state index >= 15 is 0 Å². The normalized spacial score (nSPS) is 18.5. The molecule has 1 aliphatic rings. The third kappa shape index (κ3) is 3.08. The van der Waals surface area contributed by atoms with Crippen molar-refractivity contribution >= 4 is 5.82 Å². The first-order valence-corrected chi connectivity index (χ1v) is 8.40. The molecule has 1 unspecified atom stereocenters. The van der Waals surface area contributed by atoms with Crippen LogP contribution < -0.4 is 5.32 Å². The van der Waals surface area contributed by atoms with Crippen LogP contribution in [0.25, 0.3) is 0 Å². The summed E-state index contributed by atoms with van der Waals surface area (Å²) in [7, 11) is 1.88. The summed E-state index contributed by atoms with van der Waals surface area (Å²) in [5.41, 5.74) is 4.85. The van der Waals surface area contributed by atoms with Gasteiger partial charge < -0.3 is 5.32 Å². The van der Waals surface area contributed by atoms with Crippen molar-refractivity contribution in [3.63, 3.8) is 0 Å². The lowest BCUT2D eigenvalue weighted by atomic mass is 10.1. The topological polar surface area (TPSA) is 58.9 Å². The standard InChI is InChI=1S/C17H26N6/c1-5-23-13(3)14(12(2)21-23)11-22-8-6-7-16(22)15-9-19-10-17(18-4)20-15/h9-10,16H,5-8,11H2,1-4H3,(H,18,20). The predicted octanol–water partition coefficient (Wildman–Crippen LogP) is 2.69. The first-order valence-electron chi connectivity index (χ1n) is 8.40. The Balaban J connectivity index is 1.83. The Kier molecular flexibility index (Phi) is 4.61. The molecule has 0 bridgehead atoms. The minimum atomic E-state index is 0.347. The molecule has 3 rings (SSSR count). The number of rotatable bonds is 5. The summed E-state index contributed by atoms with van der Waals surface area (Å²) in [4.78, 5) is 11.5. The Morgan fingerprint density at radius 2 is 2.13 bits per heavy atom. The van der Waals surface area contributed by atoms with E-state index < -0.39 is 0 Å². The molecule has 0 amide bonds. The van der Waals surface area contributed by atoms with E-state index in [4.69, 9.17) is 4.98 Å². The third-order valence-electron chi connectivity index (χ3n) is 4.81. The average molecular weight is 314 g/mol. The largest absolute Gasteiger partial charge is 0.372 e. The fourth-order valence-corrected chi connectivity index (χ4v) is 3.49. The molecular weight excluding hydrogens is 288 g/mol. The number of hydrogen-bond donors (Lipinski definition) is 1. The van der Waals surface area contributed by atoms with Crippen molar-refractivity contribution in [2.24, 2.45) is 0 Å². The zero-order valence-corrected chi connectivity index (χ0v) is 14.5. The van der Waals surface area contributed by atoms with Crippen LogP contribution in [0.2, 0.25) is 0 Å². The van der Waals surface area contributed by atoms with Gasteiger partial charge in [-0.3, -0.25) is 14.6 Å². The fraction of sp³-hybridized carbons (Fsp3) is 0.588. The fourth-order valence-electron chi connectivity index (χ4n) is 3.49. The molecule has 1 atom stereocenters. The minimum absolute atomic E-state index is 0.347. The quantitative estimate of drug-likeness (QED) is 0.919. The highest BCUT2D eigenvalue weighted by Crippen LogP contribution is 2.33. The maximum Gasteiger partial charge on any atom is 0.144 e. The molecule has 0 spiro atoms. The average Bonchev–Trinajstić information content (AvgIpc) is 3.14. The van der Waals surface area contributed by atoms with Crippen LogP contribution in [0.5, 0.6) is 0 Å². The summed E-state index contributed by atoms with van der Waals surface area (Å²) in [5.74, 6) is 0.834. The van der Waals surface area contributed by atoms with Gasteiger partial charge in [0, 0.05) is 31.4 Å². The van der Waals surface area contributed by atoms with Gasteiger partial charge in [0.15, 0.2) is 0 Å². The number of anilines is 1. The van der Waals surface area contributed by atoms with Crippen LogP contribution in [-0.4, -0.2) is 38.2 Å². The van der Waals surface area contributed by atoms with Gasteiger partial charge in [-0.25, -0.2) is 4.98 Å². The molecule has 1 saturated heterocycles. The second-order valence-electron chi connectivity index (χ2n) is 6.17. The molecule has 124 valence electrons. The molecular formula is C17H26N6. The molecule has 0 aromatic carbocycles. The zero-order valence-electron chi connectivity index (χ0n) is 14.5. The molecule has 1 aliphatic heterocycles. The number of nitrogens with one attached hydrogen (secondary N) is 1. The Hall–Kier alpha value is -1.95. The van der Waals surface area contributed by atoms with Crippen molar-refractivity contribution in [1.82, 2.24) is 24.6 Å². The van der Waals surface area contributed by atoms with Crippen molar-refractivity contribution in [3.8, 4) is 0 Å². The van der Waals surface area contributed by atoms with E-state index in [1.165, 1.54) is 17.7 Å². The second-order valence-corrected chi connectivity index (χ2v) is 6.17. The van der Waals surface area contributed by atoms with E-state index in [1.54, 1.807) is 6.20 Å². The van der Waals surface area contributed by atoms with Gasteiger partial charge in [-0.2, -0.15) is 5.10 Å². The second kappa shape index (κ2) is 6.66. The number of hydrogen-bond acceptors (Lipinski definition) is 5. The summed E-state index contributed by atoms with van der Waals surface area (Å²) in [6.07, 6.45) is 6.01. The molecule has 0 saturated carbocycles. The van der Waals surface area contributed by atoms with Crippen LogP contribution in [0.1, 0.15) is 48.5 Å². The van der Waals surface area contributed by atoms with Crippen LogP contribution in [0, 0.1) is 13.8 Å². The van der Waals surface area contributed by atoms with Crippen molar-refractivity contribution in [2.45, 2.75) is 52.7 Å². The lowest BCUT2D eigenvalue weighted by Crippen LogP contribution is -2.24. The maximum atomic E-state index is 4.70. The highest BCUT2D eigenvalue weighted by molar-refractivity contribution is 5.31. The Bertz CT molecular complexity index is 678. The van der Waals surface area contributed by atoms with Gasteiger partial charge in [0.25, 0.3) is 0 Å². The molecule has 0 aliphatic carbocycles. The number of aromatic nitrogens is 4. The lowest BCUT2D eigenvalue weighted by Gasteiger charge is -2.24. The SMILES string of the molecule is CCn1nc(C)c(CN2CCCC2c2cncc(NC)n2)c1C. The molecule has 1 fully saturated rings. The highest BCUT2D eigenvalue weighted by Gasteiger charge is 2.29. The van der Waals surface area contributed by atoms with Crippen molar-refractivity contribution in [1.29, 1.82) is 0 Å². The maximum absolute atomic E-state index is 4.70. The van der Waals surface area contributed by atoms with E-state index in [2.05, 4.69) is 45.8 Å². The van der Waals surface area contributed by atoms with E-state index in [0.717, 1.165) is 43.3 Å². The molecule has 6 nitrogen and oxygen atoms in total. The number of aryl methyl sites for hydroxylation is 2. The summed E-state index contributed by atoms with van der Waals surface area (Å²) in [5, 5.41) is 7.73. The van der Waals surface area contributed by atoms with E-state index in [1.807, 2.05) is 13.2 Å².